The SMILES string of the molecule is Cc1cc(Nc2cc(-c3ccccc3)nc(S(=O)(=O)c3ccc(NC(=O)CN(C)C)cc3)n2)[nH]n1. The van der Waals surface area contributed by atoms with Crippen LogP contribution < -0.4 is 10.6 Å². The Balaban J connectivity index is 1.68. The first-order valence-corrected chi connectivity index (χ1v) is 12.2. The van der Waals surface area contributed by atoms with Crippen molar-refractivity contribution in [3.05, 3.63) is 72.4 Å². The van der Waals surface area contributed by atoms with Crippen molar-refractivity contribution >= 4 is 33.1 Å². The number of carbonyl (C=O) groups excluding carboxylic acids is 1. The van der Waals surface area contributed by atoms with Crippen LogP contribution >= 0.6 is 0 Å². The molecule has 35 heavy (non-hydrogen) atoms. The summed E-state index contributed by atoms with van der Waals surface area (Å²) in [6.07, 6.45) is 0. The Morgan fingerprint density at radius 3 is 2.34 bits per heavy atom. The molecule has 0 saturated carbocycles. The third kappa shape index (κ3) is 5.89. The highest BCUT2D eigenvalue weighted by Gasteiger charge is 2.23. The van der Waals surface area contributed by atoms with Crippen molar-refractivity contribution in [3.8, 4) is 11.3 Å². The second kappa shape index (κ2) is 10.0. The van der Waals surface area contributed by atoms with Crippen LogP contribution in [0.2, 0.25) is 0 Å². The molecule has 11 heteroatoms. The van der Waals surface area contributed by atoms with E-state index in [9.17, 15) is 13.2 Å². The molecule has 3 N–H and O–H groups in total. The summed E-state index contributed by atoms with van der Waals surface area (Å²) in [7, 11) is -0.478. The van der Waals surface area contributed by atoms with Crippen LogP contribution in [0.3, 0.4) is 0 Å². The Hall–Kier alpha value is -4.09. The lowest BCUT2D eigenvalue weighted by Gasteiger charge is -2.11. The van der Waals surface area contributed by atoms with Crippen molar-refractivity contribution in [2.75, 3.05) is 31.3 Å². The zero-order valence-corrected chi connectivity index (χ0v) is 20.3. The van der Waals surface area contributed by atoms with Crippen molar-refractivity contribution in [3.63, 3.8) is 0 Å². The number of hydrogen-bond donors (Lipinski definition) is 3. The molecule has 0 spiro atoms. The van der Waals surface area contributed by atoms with Crippen LogP contribution in [0, 0.1) is 6.92 Å². The monoisotopic (exact) mass is 491 g/mol. The van der Waals surface area contributed by atoms with Crippen LogP contribution in [-0.2, 0) is 14.6 Å². The Bertz CT molecular complexity index is 1430. The van der Waals surface area contributed by atoms with Gasteiger partial charge in [-0.2, -0.15) is 5.10 Å². The van der Waals surface area contributed by atoms with Gasteiger partial charge in [-0.1, -0.05) is 30.3 Å². The van der Waals surface area contributed by atoms with E-state index in [1.807, 2.05) is 37.3 Å². The molecule has 0 bridgehead atoms. The minimum absolute atomic E-state index is 0.0108. The second-order valence-electron chi connectivity index (χ2n) is 8.15. The molecule has 0 fully saturated rings. The Labute approximate surface area is 203 Å². The molecule has 180 valence electrons. The number of aromatic amines is 1. The highest BCUT2D eigenvalue weighted by molar-refractivity contribution is 7.91. The fourth-order valence-electron chi connectivity index (χ4n) is 3.30. The summed E-state index contributed by atoms with van der Waals surface area (Å²) in [4.78, 5) is 22.4. The van der Waals surface area contributed by atoms with Crippen LogP contribution in [0.1, 0.15) is 5.69 Å². The highest BCUT2D eigenvalue weighted by Crippen LogP contribution is 2.26. The molecule has 10 nitrogen and oxygen atoms in total. The van der Waals surface area contributed by atoms with E-state index in [0.29, 0.717) is 23.0 Å². The van der Waals surface area contributed by atoms with E-state index in [2.05, 4.69) is 30.8 Å². The van der Waals surface area contributed by atoms with Crippen LogP contribution in [0.4, 0.5) is 17.3 Å². The lowest BCUT2D eigenvalue weighted by Crippen LogP contribution is -2.27. The van der Waals surface area contributed by atoms with Crippen molar-refractivity contribution in [1.82, 2.24) is 25.1 Å². The van der Waals surface area contributed by atoms with Gasteiger partial charge in [-0.15, -0.1) is 0 Å². The molecule has 0 aliphatic carbocycles. The molecule has 0 unspecified atom stereocenters. The van der Waals surface area contributed by atoms with E-state index in [0.717, 1.165) is 11.3 Å². The number of sulfone groups is 1. The van der Waals surface area contributed by atoms with Gasteiger partial charge in [-0.05, 0) is 45.3 Å². The maximum Gasteiger partial charge on any atom is 0.254 e. The lowest BCUT2D eigenvalue weighted by atomic mass is 10.1. The second-order valence-corrected chi connectivity index (χ2v) is 9.99. The molecular formula is C24H25N7O3S. The molecule has 1 amide bonds. The number of anilines is 3. The number of aromatic nitrogens is 4. The Morgan fingerprint density at radius 1 is 1.00 bits per heavy atom. The number of amides is 1. The van der Waals surface area contributed by atoms with Crippen molar-refractivity contribution < 1.29 is 13.2 Å². The first kappa shape index (κ1) is 24.0. The summed E-state index contributed by atoms with van der Waals surface area (Å²) in [5, 5.41) is 12.4. The molecule has 0 atom stereocenters. The molecule has 4 aromatic rings. The van der Waals surface area contributed by atoms with Crippen molar-refractivity contribution in [2.45, 2.75) is 17.0 Å². The number of nitrogens with zero attached hydrogens (tertiary/aromatic N) is 4. The van der Waals surface area contributed by atoms with Gasteiger partial charge < -0.3 is 15.5 Å². The highest BCUT2D eigenvalue weighted by atomic mass is 32.2. The largest absolute Gasteiger partial charge is 0.325 e. The fourth-order valence-corrected chi connectivity index (χ4v) is 4.44. The van der Waals surface area contributed by atoms with Crippen LogP contribution in [0.5, 0.6) is 0 Å². The Kier molecular flexibility index (Phi) is 6.90. The minimum atomic E-state index is -4.05. The van der Waals surface area contributed by atoms with Gasteiger partial charge in [0.2, 0.25) is 15.7 Å². The Morgan fingerprint density at radius 2 is 1.71 bits per heavy atom. The molecule has 4 rings (SSSR count). The van der Waals surface area contributed by atoms with Gasteiger partial charge in [0.1, 0.15) is 11.6 Å². The molecule has 0 aliphatic rings. The van der Waals surface area contributed by atoms with E-state index in [1.54, 1.807) is 31.1 Å². The van der Waals surface area contributed by atoms with Crippen LogP contribution in [0.25, 0.3) is 11.3 Å². The van der Waals surface area contributed by atoms with Gasteiger partial charge >= 0.3 is 0 Å². The molecule has 0 saturated heterocycles. The summed E-state index contributed by atoms with van der Waals surface area (Å²) in [5.41, 5.74) is 2.46. The number of carbonyl (C=O) groups is 1. The van der Waals surface area contributed by atoms with Gasteiger partial charge in [0.05, 0.1) is 22.8 Å². The van der Waals surface area contributed by atoms with Crippen molar-refractivity contribution in [2.24, 2.45) is 0 Å². The third-order valence-electron chi connectivity index (χ3n) is 4.89. The van der Waals surface area contributed by atoms with E-state index in [1.165, 1.54) is 24.3 Å². The van der Waals surface area contributed by atoms with Crippen molar-refractivity contribution in [1.29, 1.82) is 0 Å². The molecular weight excluding hydrogens is 466 g/mol. The molecule has 2 heterocycles. The number of nitrogens with one attached hydrogen (secondary N) is 3. The number of rotatable bonds is 8. The summed E-state index contributed by atoms with van der Waals surface area (Å²) in [5.74, 6) is 0.671. The average molecular weight is 492 g/mol. The topological polar surface area (TPSA) is 133 Å². The average Bonchev–Trinajstić information content (AvgIpc) is 3.23. The quantitative estimate of drug-likeness (QED) is 0.320. The minimum Gasteiger partial charge on any atom is -0.325 e. The standard InChI is InChI=1S/C24H25N7O3S/c1-16-13-22(30-29-16)27-21-14-20(17-7-5-4-6-8-17)26-24(28-21)35(33,34)19-11-9-18(10-12-19)25-23(32)15-31(2)3/h4-14H,15H2,1-3H3,(H,25,32)(H2,26,27,28,29,30). The molecule has 0 aliphatic heterocycles. The number of aryl methyl sites for hydroxylation is 1. The molecule has 2 aromatic carbocycles. The van der Waals surface area contributed by atoms with Gasteiger partial charge in [0.15, 0.2) is 0 Å². The number of H-pyrrole nitrogens is 1. The fraction of sp³-hybridized carbons (Fsp3) is 0.167. The maximum atomic E-state index is 13.4. The molecule has 2 aromatic heterocycles. The normalized spacial score (nSPS) is 11.4. The van der Waals surface area contributed by atoms with E-state index in [-0.39, 0.29) is 22.5 Å². The zero-order valence-electron chi connectivity index (χ0n) is 19.5. The third-order valence-corrected chi connectivity index (χ3v) is 6.45. The predicted octanol–water partition coefficient (Wildman–Crippen LogP) is 3.25. The van der Waals surface area contributed by atoms with E-state index >= 15 is 0 Å². The number of benzene rings is 2. The first-order valence-electron chi connectivity index (χ1n) is 10.7. The first-order chi connectivity index (χ1) is 16.7. The van der Waals surface area contributed by atoms with Crippen LogP contribution in [-0.4, -0.2) is 60.0 Å². The van der Waals surface area contributed by atoms with Gasteiger partial charge in [0.25, 0.3) is 5.16 Å². The summed E-state index contributed by atoms with van der Waals surface area (Å²) in [6, 6.07) is 18.6. The zero-order chi connectivity index (χ0) is 25.0. The summed E-state index contributed by atoms with van der Waals surface area (Å²) < 4.78 is 26.9. The van der Waals surface area contributed by atoms with Gasteiger partial charge in [0, 0.05) is 23.4 Å². The molecule has 0 radical (unpaired) electrons. The van der Waals surface area contributed by atoms with E-state index in [4.69, 9.17) is 0 Å². The predicted molar refractivity (Wildman–Crippen MR) is 133 cm³/mol. The van der Waals surface area contributed by atoms with Gasteiger partial charge in [-0.3, -0.25) is 9.89 Å². The van der Waals surface area contributed by atoms with E-state index < -0.39 is 9.84 Å². The van der Waals surface area contributed by atoms with Crippen LogP contribution in [0.15, 0.2) is 76.8 Å². The maximum absolute atomic E-state index is 13.4. The summed E-state index contributed by atoms with van der Waals surface area (Å²) in [6.45, 7) is 2.05. The number of likely N-dealkylation sites (N-methyl/N-ethyl adjacent to an activating group) is 1. The summed E-state index contributed by atoms with van der Waals surface area (Å²) >= 11 is 0. The smallest absolute Gasteiger partial charge is 0.254 e. The lowest BCUT2D eigenvalue weighted by molar-refractivity contribution is -0.116. The number of hydrogen-bond acceptors (Lipinski definition) is 8. The van der Waals surface area contributed by atoms with Gasteiger partial charge in [-0.25, -0.2) is 18.4 Å².